The van der Waals surface area contributed by atoms with Crippen LogP contribution in [0.2, 0.25) is 0 Å². The minimum atomic E-state index is 0.0694. The van der Waals surface area contributed by atoms with Crippen molar-refractivity contribution in [2.24, 2.45) is 5.92 Å². The highest BCUT2D eigenvalue weighted by atomic mass is 16.1. The Labute approximate surface area is 69.4 Å². The topological polar surface area (TPSA) is 29.1 Å². The van der Waals surface area contributed by atoms with E-state index in [9.17, 15) is 4.79 Å². The van der Waals surface area contributed by atoms with Gasteiger partial charge < -0.3 is 5.32 Å². The summed E-state index contributed by atoms with van der Waals surface area (Å²) in [4.78, 5) is 11.2. The number of likely N-dealkylation sites (N-methyl/N-ethyl adjacent to an activating group) is 1. The van der Waals surface area contributed by atoms with Gasteiger partial charge in [-0.2, -0.15) is 0 Å². The maximum absolute atomic E-state index is 11.2. The third-order valence-electron chi connectivity index (χ3n) is 1.79. The van der Waals surface area contributed by atoms with Crippen LogP contribution < -0.4 is 5.32 Å². The van der Waals surface area contributed by atoms with Gasteiger partial charge in [-0.3, -0.25) is 4.79 Å². The smallest absolute Gasteiger partial charge is 0.149 e. The van der Waals surface area contributed by atoms with Crippen molar-refractivity contribution in [3.05, 3.63) is 0 Å². The van der Waals surface area contributed by atoms with E-state index in [0.29, 0.717) is 18.1 Å². The number of carbonyl (C=O) groups is 1. The van der Waals surface area contributed by atoms with Gasteiger partial charge in [0.15, 0.2) is 0 Å². The number of carbonyl (C=O) groups excluding carboxylic acids is 1. The van der Waals surface area contributed by atoms with Crippen LogP contribution in [0.3, 0.4) is 0 Å². The lowest BCUT2D eigenvalue weighted by Gasteiger charge is -2.15. The summed E-state index contributed by atoms with van der Waals surface area (Å²) in [6, 6.07) is 0.0694. The van der Waals surface area contributed by atoms with Gasteiger partial charge in [0.1, 0.15) is 5.78 Å². The third-order valence-corrected chi connectivity index (χ3v) is 1.79. The van der Waals surface area contributed by atoms with Crippen LogP contribution in [-0.2, 0) is 4.79 Å². The molecule has 0 aliphatic heterocycles. The fourth-order valence-corrected chi connectivity index (χ4v) is 1.13. The van der Waals surface area contributed by atoms with E-state index in [1.165, 1.54) is 0 Å². The highest BCUT2D eigenvalue weighted by Gasteiger charge is 2.14. The molecule has 0 fully saturated rings. The van der Waals surface area contributed by atoms with Gasteiger partial charge in [-0.15, -0.1) is 0 Å². The minimum Gasteiger partial charge on any atom is -0.311 e. The molecule has 2 nitrogen and oxygen atoms in total. The summed E-state index contributed by atoms with van der Waals surface area (Å²) in [7, 11) is 1.85. The van der Waals surface area contributed by atoms with E-state index in [1.807, 2.05) is 14.0 Å². The van der Waals surface area contributed by atoms with Crippen molar-refractivity contribution in [1.29, 1.82) is 0 Å². The van der Waals surface area contributed by atoms with Gasteiger partial charge in [0.05, 0.1) is 6.04 Å². The number of hydrogen-bond donors (Lipinski definition) is 1. The van der Waals surface area contributed by atoms with E-state index in [1.54, 1.807) is 0 Å². The Kier molecular flexibility index (Phi) is 5.12. The van der Waals surface area contributed by atoms with Crippen LogP contribution in [0.25, 0.3) is 0 Å². The highest BCUT2D eigenvalue weighted by molar-refractivity contribution is 5.83. The first-order valence-corrected chi connectivity index (χ1v) is 4.31. The number of nitrogens with one attached hydrogen (secondary N) is 1. The number of Topliss-reactive ketones (excluding diaryl/α,β-unsaturated/α-hetero) is 1. The van der Waals surface area contributed by atoms with Crippen LogP contribution in [0.1, 0.15) is 33.6 Å². The van der Waals surface area contributed by atoms with Gasteiger partial charge in [-0.05, 0) is 19.4 Å². The van der Waals surface area contributed by atoms with Crippen molar-refractivity contribution >= 4 is 5.78 Å². The fourth-order valence-electron chi connectivity index (χ4n) is 1.13. The molecule has 0 spiro atoms. The largest absolute Gasteiger partial charge is 0.311 e. The Morgan fingerprint density at radius 2 is 2.00 bits per heavy atom. The molecule has 0 saturated carbocycles. The molecule has 0 heterocycles. The first kappa shape index (κ1) is 10.6. The minimum absolute atomic E-state index is 0.0694. The molecule has 0 aliphatic rings. The summed E-state index contributed by atoms with van der Waals surface area (Å²) < 4.78 is 0. The van der Waals surface area contributed by atoms with Crippen LogP contribution in [0, 0.1) is 5.92 Å². The van der Waals surface area contributed by atoms with E-state index in [2.05, 4.69) is 19.2 Å². The summed E-state index contributed by atoms with van der Waals surface area (Å²) in [5.41, 5.74) is 0. The van der Waals surface area contributed by atoms with Crippen molar-refractivity contribution < 1.29 is 4.79 Å². The molecule has 0 rings (SSSR count). The second-order valence-electron chi connectivity index (χ2n) is 3.29. The molecule has 0 aromatic rings. The first-order chi connectivity index (χ1) is 5.11. The van der Waals surface area contributed by atoms with Crippen molar-refractivity contribution in [3.63, 3.8) is 0 Å². The monoisotopic (exact) mass is 157 g/mol. The van der Waals surface area contributed by atoms with Crippen LogP contribution in [0.15, 0.2) is 0 Å². The molecule has 1 N–H and O–H groups in total. The predicted octanol–water partition coefficient (Wildman–Crippen LogP) is 1.60. The maximum Gasteiger partial charge on any atom is 0.149 e. The molecule has 0 bridgehead atoms. The van der Waals surface area contributed by atoms with Crippen molar-refractivity contribution in [3.8, 4) is 0 Å². The molecule has 0 aromatic carbocycles. The molecule has 0 aliphatic carbocycles. The Hall–Kier alpha value is -0.370. The molecule has 0 saturated heterocycles. The van der Waals surface area contributed by atoms with Crippen LogP contribution in [0.4, 0.5) is 0 Å². The zero-order valence-corrected chi connectivity index (χ0v) is 7.98. The average molecular weight is 157 g/mol. The average Bonchev–Trinajstić information content (AvgIpc) is 1.98. The molecule has 66 valence electrons. The van der Waals surface area contributed by atoms with Crippen LogP contribution in [-0.4, -0.2) is 18.9 Å². The Morgan fingerprint density at radius 3 is 2.27 bits per heavy atom. The SMILES string of the molecule is CCC(=O)[C@H](CC(C)C)NC. The number of hydrogen-bond acceptors (Lipinski definition) is 2. The fraction of sp³-hybridized carbons (Fsp3) is 0.889. The molecule has 2 heteroatoms. The maximum atomic E-state index is 11.2. The van der Waals surface area contributed by atoms with Gasteiger partial charge in [0, 0.05) is 6.42 Å². The van der Waals surface area contributed by atoms with Crippen molar-refractivity contribution in [2.45, 2.75) is 39.7 Å². The second-order valence-corrected chi connectivity index (χ2v) is 3.29. The zero-order valence-electron chi connectivity index (χ0n) is 7.98. The summed E-state index contributed by atoms with van der Waals surface area (Å²) in [5.74, 6) is 0.907. The standard InChI is InChI=1S/C9H19NO/c1-5-9(11)8(10-4)6-7(2)3/h7-8,10H,5-6H2,1-4H3/t8-/m0/s1. The Balaban J connectivity index is 3.84. The van der Waals surface area contributed by atoms with Gasteiger partial charge in [-0.25, -0.2) is 0 Å². The number of rotatable bonds is 5. The van der Waals surface area contributed by atoms with E-state index >= 15 is 0 Å². The van der Waals surface area contributed by atoms with Gasteiger partial charge in [0.25, 0.3) is 0 Å². The summed E-state index contributed by atoms with van der Waals surface area (Å²) >= 11 is 0. The molecule has 0 amide bonds. The van der Waals surface area contributed by atoms with Gasteiger partial charge in [0.2, 0.25) is 0 Å². The summed E-state index contributed by atoms with van der Waals surface area (Å²) in [6.07, 6.45) is 1.58. The molecular formula is C9H19NO. The molecule has 11 heavy (non-hydrogen) atoms. The summed E-state index contributed by atoms with van der Waals surface area (Å²) in [5, 5.41) is 3.03. The lowest BCUT2D eigenvalue weighted by Crippen LogP contribution is -2.34. The predicted molar refractivity (Wildman–Crippen MR) is 47.6 cm³/mol. The summed E-state index contributed by atoms with van der Waals surface area (Å²) in [6.45, 7) is 6.17. The van der Waals surface area contributed by atoms with E-state index in [-0.39, 0.29) is 6.04 Å². The third kappa shape index (κ3) is 4.14. The zero-order chi connectivity index (χ0) is 8.85. The highest BCUT2D eigenvalue weighted by Crippen LogP contribution is 2.06. The molecule has 0 unspecified atom stereocenters. The molecule has 1 atom stereocenters. The van der Waals surface area contributed by atoms with Gasteiger partial charge in [-0.1, -0.05) is 20.8 Å². The molecule has 0 aromatic heterocycles. The Morgan fingerprint density at radius 1 is 1.45 bits per heavy atom. The number of ketones is 1. The van der Waals surface area contributed by atoms with Crippen molar-refractivity contribution in [1.82, 2.24) is 5.32 Å². The first-order valence-electron chi connectivity index (χ1n) is 4.31. The molecular weight excluding hydrogens is 138 g/mol. The van der Waals surface area contributed by atoms with E-state index in [4.69, 9.17) is 0 Å². The van der Waals surface area contributed by atoms with Crippen LogP contribution in [0.5, 0.6) is 0 Å². The van der Waals surface area contributed by atoms with E-state index < -0.39 is 0 Å². The Bertz CT molecular complexity index is 121. The van der Waals surface area contributed by atoms with Crippen molar-refractivity contribution in [2.75, 3.05) is 7.05 Å². The lowest BCUT2D eigenvalue weighted by atomic mass is 9.99. The van der Waals surface area contributed by atoms with Crippen LogP contribution >= 0.6 is 0 Å². The quantitative estimate of drug-likeness (QED) is 0.656. The molecule has 0 radical (unpaired) electrons. The normalized spacial score (nSPS) is 13.5. The second kappa shape index (κ2) is 5.30. The lowest BCUT2D eigenvalue weighted by molar-refractivity contribution is -0.121. The van der Waals surface area contributed by atoms with E-state index in [0.717, 1.165) is 6.42 Å². The van der Waals surface area contributed by atoms with Gasteiger partial charge >= 0.3 is 0 Å².